The molecule has 2 aromatic rings. The highest BCUT2D eigenvalue weighted by Gasteiger charge is 2.12. The number of carboxylic acids is 1. The zero-order chi connectivity index (χ0) is 14.0. The lowest BCUT2D eigenvalue weighted by Gasteiger charge is -2.06. The van der Waals surface area contributed by atoms with Gasteiger partial charge in [-0.1, -0.05) is 11.6 Å². The first kappa shape index (κ1) is 13.2. The summed E-state index contributed by atoms with van der Waals surface area (Å²) in [4.78, 5) is 14.6. The summed E-state index contributed by atoms with van der Waals surface area (Å²) in [5.74, 6) is -3.44. The van der Waals surface area contributed by atoms with E-state index in [0.29, 0.717) is 0 Å². The van der Waals surface area contributed by atoms with Crippen molar-refractivity contribution >= 4 is 17.6 Å². The van der Waals surface area contributed by atoms with Gasteiger partial charge >= 0.3 is 5.97 Å². The third-order valence-corrected chi connectivity index (χ3v) is 2.48. The van der Waals surface area contributed by atoms with E-state index >= 15 is 0 Å². The van der Waals surface area contributed by atoms with Gasteiger partial charge in [0.25, 0.3) is 0 Å². The van der Waals surface area contributed by atoms with E-state index in [4.69, 9.17) is 21.4 Å². The molecule has 98 valence electrons. The van der Waals surface area contributed by atoms with Gasteiger partial charge in [0.05, 0.1) is 16.8 Å². The number of hydrogen-bond donors (Lipinski definition) is 1. The number of nitrogens with zero attached hydrogens (tertiary/aromatic N) is 1. The fourth-order valence-corrected chi connectivity index (χ4v) is 1.48. The summed E-state index contributed by atoms with van der Waals surface area (Å²) in [6.45, 7) is 0. The van der Waals surface area contributed by atoms with Gasteiger partial charge in [0, 0.05) is 12.1 Å². The molecule has 0 unspecified atom stereocenters. The Morgan fingerprint density at radius 3 is 2.63 bits per heavy atom. The van der Waals surface area contributed by atoms with Crippen molar-refractivity contribution in [2.45, 2.75) is 0 Å². The van der Waals surface area contributed by atoms with Gasteiger partial charge in [-0.3, -0.25) is 0 Å². The first-order chi connectivity index (χ1) is 8.97. The second-order valence-corrected chi connectivity index (χ2v) is 3.89. The van der Waals surface area contributed by atoms with E-state index < -0.39 is 17.6 Å². The first-order valence-electron chi connectivity index (χ1n) is 4.99. The molecule has 0 saturated carbocycles. The molecule has 0 aliphatic rings. The molecule has 0 aliphatic carbocycles. The molecular formula is C12H6ClF2NO3. The Bertz CT molecular complexity index is 649. The minimum absolute atomic E-state index is 0.00920. The van der Waals surface area contributed by atoms with Gasteiger partial charge in [-0.15, -0.1) is 0 Å². The van der Waals surface area contributed by atoms with Gasteiger partial charge in [-0.2, -0.15) is 0 Å². The van der Waals surface area contributed by atoms with Crippen molar-refractivity contribution in [3.63, 3.8) is 0 Å². The minimum Gasteiger partial charge on any atom is -0.478 e. The monoisotopic (exact) mass is 285 g/mol. The molecule has 4 nitrogen and oxygen atoms in total. The minimum atomic E-state index is -1.25. The van der Waals surface area contributed by atoms with E-state index in [9.17, 15) is 13.6 Å². The molecular weight excluding hydrogens is 280 g/mol. The molecule has 19 heavy (non-hydrogen) atoms. The summed E-state index contributed by atoms with van der Waals surface area (Å²) in [7, 11) is 0. The summed E-state index contributed by atoms with van der Waals surface area (Å²) < 4.78 is 30.8. The van der Waals surface area contributed by atoms with Gasteiger partial charge in [0.2, 0.25) is 5.88 Å². The largest absolute Gasteiger partial charge is 0.478 e. The van der Waals surface area contributed by atoms with Gasteiger partial charge in [0.15, 0.2) is 11.6 Å². The molecule has 0 aliphatic heterocycles. The Kier molecular flexibility index (Phi) is 3.62. The number of ether oxygens (including phenoxy) is 1. The number of hydrogen-bond acceptors (Lipinski definition) is 3. The Hall–Kier alpha value is -2.21. The Labute approximate surface area is 111 Å². The van der Waals surface area contributed by atoms with E-state index in [1.54, 1.807) is 0 Å². The SMILES string of the molecule is O=C(O)c1cc(Oc2ccc(F)c(F)c2)ncc1Cl. The van der Waals surface area contributed by atoms with Crippen molar-refractivity contribution < 1.29 is 23.4 Å². The molecule has 0 spiro atoms. The third-order valence-electron chi connectivity index (χ3n) is 2.17. The quantitative estimate of drug-likeness (QED) is 0.937. The van der Waals surface area contributed by atoms with Crippen LogP contribution in [0.5, 0.6) is 11.6 Å². The van der Waals surface area contributed by atoms with Gasteiger partial charge in [0.1, 0.15) is 5.75 Å². The zero-order valence-electron chi connectivity index (χ0n) is 9.23. The lowest BCUT2D eigenvalue weighted by Crippen LogP contribution is -1.99. The number of aromatic nitrogens is 1. The predicted octanol–water partition coefficient (Wildman–Crippen LogP) is 3.50. The van der Waals surface area contributed by atoms with Crippen LogP contribution in [-0.4, -0.2) is 16.1 Å². The molecule has 1 heterocycles. The summed E-state index contributed by atoms with van der Waals surface area (Å²) in [6.07, 6.45) is 1.10. The highest BCUT2D eigenvalue weighted by Crippen LogP contribution is 2.25. The zero-order valence-corrected chi connectivity index (χ0v) is 9.99. The molecule has 1 N–H and O–H groups in total. The van der Waals surface area contributed by atoms with Crippen molar-refractivity contribution in [2.75, 3.05) is 0 Å². The van der Waals surface area contributed by atoms with Crippen molar-refractivity contribution in [1.29, 1.82) is 0 Å². The van der Waals surface area contributed by atoms with Crippen molar-refractivity contribution in [3.8, 4) is 11.6 Å². The fraction of sp³-hybridized carbons (Fsp3) is 0. The average Bonchev–Trinajstić information content (AvgIpc) is 2.36. The highest BCUT2D eigenvalue weighted by atomic mass is 35.5. The average molecular weight is 286 g/mol. The Morgan fingerprint density at radius 1 is 1.26 bits per heavy atom. The summed E-state index contributed by atoms with van der Waals surface area (Å²) in [5, 5.41) is 8.81. The van der Waals surface area contributed by atoms with Crippen LogP contribution in [0.25, 0.3) is 0 Å². The van der Waals surface area contributed by atoms with Crippen molar-refractivity contribution in [2.24, 2.45) is 0 Å². The molecule has 1 aromatic heterocycles. The number of carboxylic acid groups (broad SMARTS) is 1. The number of aromatic carboxylic acids is 1. The maximum atomic E-state index is 13.0. The predicted molar refractivity (Wildman–Crippen MR) is 62.6 cm³/mol. The first-order valence-corrected chi connectivity index (χ1v) is 5.37. The molecule has 0 bridgehead atoms. The Balaban J connectivity index is 2.30. The third kappa shape index (κ3) is 2.97. The highest BCUT2D eigenvalue weighted by molar-refractivity contribution is 6.33. The van der Waals surface area contributed by atoms with Crippen LogP contribution in [-0.2, 0) is 0 Å². The lowest BCUT2D eigenvalue weighted by molar-refractivity contribution is 0.0696. The van der Waals surface area contributed by atoms with Crippen molar-refractivity contribution in [1.82, 2.24) is 4.98 Å². The fourth-order valence-electron chi connectivity index (χ4n) is 1.30. The van der Waals surface area contributed by atoms with Gasteiger partial charge in [-0.25, -0.2) is 18.6 Å². The van der Waals surface area contributed by atoms with Gasteiger partial charge < -0.3 is 9.84 Å². The molecule has 0 fully saturated rings. The standard InChI is InChI=1S/C12H6ClF2NO3/c13-8-5-16-11(4-7(8)12(17)18)19-6-1-2-9(14)10(15)3-6/h1-5H,(H,17,18). The van der Waals surface area contributed by atoms with Crippen LogP contribution in [0.1, 0.15) is 10.4 Å². The van der Waals surface area contributed by atoms with Crippen LogP contribution in [0.2, 0.25) is 5.02 Å². The van der Waals surface area contributed by atoms with Crippen molar-refractivity contribution in [3.05, 3.63) is 52.7 Å². The van der Waals surface area contributed by atoms with Crippen LogP contribution in [0, 0.1) is 11.6 Å². The molecule has 0 saturated heterocycles. The smallest absolute Gasteiger partial charge is 0.337 e. The topological polar surface area (TPSA) is 59.4 Å². The molecule has 2 rings (SSSR count). The molecule has 7 heteroatoms. The summed E-state index contributed by atoms with van der Waals surface area (Å²) >= 11 is 5.63. The number of halogens is 3. The van der Waals surface area contributed by atoms with Gasteiger partial charge in [-0.05, 0) is 12.1 Å². The number of carbonyl (C=O) groups is 1. The van der Waals surface area contributed by atoms with Crippen LogP contribution in [0.4, 0.5) is 8.78 Å². The van der Waals surface area contributed by atoms with Crippen LogP contribution in [0.15, 0.2) is 30.5 Å². The van der Waals surface area contributed by atoms with E-state index in [1.807, 2.05) is 0 Å². The summed E-state index contributed by atoms with van der Waals surface area (Å²) in [5.41, 5.74) is -0.200. The number of benzene rings is 1. The number of pyridine rings is 1. The van der Waals surface area contributed by atoms with Crippen LogP contribution in [0.3, 0.4) is 0 Å². The molecule has 0 radical (unpaired) electrons. The second kappa shape index (κ2) is 5.19. The van der Waals surface area contributed by atoms with Crippen LogP contribution >= 0.6 is 11.6 Å². The Morgan fingerprint density at radius 2 is 2.00 bits per heavy atom. The molecule has 1 aromatic carbocycles. The summed E-state index contributed by atoms with van der Waals surface area (Å²) in [6, 6.07) is 3.99. The second-order valence-electron chi connectivity index (χ2n) is 3.49. The maximum Gasteiger partial charge on any atom is 0.337 e. The molecule has 0 atom stereocenters. The molecule has 0 amide bonds. The normalized spacial score (nSPS) is 10.3. The van der Waals surface area contributed by atoms with E-state index in [1.165, 1.54) is 6.07 Å². The number of rotatable bonds is 3. The lowest BCUT2D eigenvalue weighted by atomic mass is 10.2. The van der Waals surface area contributed by atoms with E-state index in [2.05, 4.69) is 4.98 Å². The van der Waals surface area contributed by atoms with Crippen LogP contribution < -0.4 is 4.74 Å². The van der Waals surface area contributed by atoms with E-state index in [-0.39, 0.29) is 22.2 Å². The van der Waals surface area contributed by atoms with E-state index in [0.717, 1.165) is 24.4 Å². The maximum absolute atomic E-state index is 13.0.